The maximum Gasteiger partial charge on any atom is 0.193 e. The number of nitrogens with zero attached hydrogens (tertiary/aromatic N) is 2. The van der Waals surface area contributed by atoms with Gasteiger partial charge in [0.15, 0.2) is 5.96 Å². The van der Waals surface area contributed by atoms with E-state index in [2.05, 4.69) is 40.4 Å². The number of para-hydroxylation sites is 1. The summed E-state index contributed by atoms with van der Waals surface area (Å²) >= 11 is 0. The molecule has 0 bridgehead atoms. The summed E-state index contributed by atoms with van der Waals surface area (Å²) in [6.07, 6.45) is 2.80. The Hall–Kier alpha value is -2.15. The van der Waals surface area contributed by atoms with Crippen molar-refractivity contribution in [2.45, 2.75) is 19.9 Å². The van der Waals surface area contributed by atoms with Gasteiger partial charge in [0, 0.05) is 17.3 Å². The van der Waals surface area contributed by atoms with E-state index in [-0.39, 0.29) is 24.0 Å². The van der Waals surface area contributed by atoms with Crippen molar-refractivity contribution in [1.82, 2.24) is 4.98 Å². The van der Waals surface area contributed by atoms with Crippen molar-refractivity contribution in [3.8, 4) is 0 Å². The lowest BCUT2D eigenvalue weighted by Crippen LogP contribution is -2.22. The molecule has 1 aromatic heterocycles. The molecule has 3 N–H and O–H groups in total. The van der Waals surface area contributed by atoms with Crippen LogP contribution in [0.4, 0.5) is 5.69 Å². The van der Waals surface area contributed by atoms with Gasteiger partial charge in [0.25, 0.3) is 0 Å². The molecule has 0 aliphatic rings. The summed E-state index contributed by atoms with van der Waals surface area (Å²) in [6, 6.07) is 18.2. The van der Waals surface area contributed by atoms with Gasteiger partial charge in [-0.3, -0.25) is 4.98 Å². The summed E-state index contributed by atoms with van der Waals surface area (Å²) in [4.78, 5) is 8.81. The van der Waals surface area contributed by atoms with Gasteiger partial charge in [-0.05, 0) is 41.8 Å². The fourth-order valence-electron chi connectivity index (χ4n) is 2.52. The van der Waals surface area contributed by atoms with Gasteiger partial charge in [-0.1, -0.05) is 37.3 Å². The Morgan fingerprint density at radius 1 is 1.12 bits per heavy atom. The monoisotopic (exact) mass is 432 g/mol. The Kier molecular flexibility index (Phi) is 6.54. The van der Waals surface area contributed by atoms with Crippen LogP contribution < -0.4 is 11.1 Å². The molecule has 24 heavy (non-hydrogen) atoms. The molecule has 0 spiro atoms. The fourth-order valence-corrected chi connectivity index (χ4v) is 2.52. The number of aliphatic imine (C=N–C) groups is 1. The number of pyridine rings is 1. The molecule has 0 amide bonds. The van der Waals surface area contributed by atoms with Crippen molar-refractivity contribution in [3.63, 3.8) is 0 Å². The lowest BCUT2D eigenvalue weighted by atomic mass is 10.1. The van der Waals surface area contributed by atoms with Gasteiger partial charge >= 0.3 is 0 Å². The first-order valence-electron chi connectivity index (χ1n) is 7.75. The van der Waals surface area contributed by atoms with E-state index in [9.17, 15) is 0 Å². The first-order valence-corrected chi connectivity index (χ1v) is 7.75. The van der Waals surface area contributed by atoms with Crippen molar-refractivity contribution >= 4 is 46.5 Å². The first kappa shape index (κ1) is 18.2. The molecular weight excluding hydrogens is 411 g/mol. The van der Waals surface area contributed by atoms with Crippen LogP contribution >= 0.6 is 24.0 Å². The summed E-state index contributed by atoms with van der Waals surface area (Å²) in [5.74, 6) is 0.416. The number of halogens is 1. The van der Waals surface area contributed by atoms with Crippen molar-refractivity contribution in [1.29, 1.82) is 0 Å². The minimum Gasteiger partial charge on any atom is -0.370 e. The highest BCUT2D eigenvalue weighted by molar-refractivity contribution is 14.0. The van der Waals surface area contributed by atoms with Crippen molar-refractivity contribution < 1.29 is 0 Å². The lowest BCUT2D eigenvalue weighted by molar-refractivity contribution is 1.07. The zero-order chi connectivity index (χ0) is 16.1. The number of aromatic nitrogens is 1. The quantitative estimate of drug-likeness (QED) is 0.366. The molecule has 1 heterocycles. The van der Waals surface area contributed by atoms with Gasteiger partial charge in [0.05, 0.1) is 12.1 Å². The number of aryl methyl sites for hydroxylation is 1. The molecule has 0 saturated heterocycles. The van der Waals surface area contributed by atoms with E-state index in [1.54, 1.807) is 0 Å². The van der Waals surface area contributed by atoms with E-state index in [0.29, 0.717) is 12.5 Å². The number of nitrogens with one attached hydrogen (secondary N) is 1. The summed E-state index contributed by atoms with van der Waals surface area (Å²) < 4.78 is 0. The SMILES string of the molecule is CCc1cccc(NC(N)=NCc2ccnc3ccccc23)c1.I. The Balaban J connectivity index is 0.00000208. The van der Waals surface area contributed by atoms with Crippen LogP contribution in [0, 0.1) is 0 Å². The largest absolute Gasteiger partial charge is 0.370 e. The number of nitrogens with two attached hydrogens (primary N) is 1. The minimum atomic E-state index is 0. The number of benzene rings is 2. The maximum atomic E-state index is 6.01. The van der Waals surface area contributed by atoms with E-state index >= 15 is 0 Å². The molecule has 3 aromatic rings. The van der Waals surface area contributed by atoms with Gasteiger partial charge in [-0.15, -0.1) is 24.0 Å². The number of hydrogen-bond acceptors (Lipinski definition) is 2. The second-order valence-electron chi connectivity index (χ2n) is 5.37. The molecular formula is C19H21IN4. The van der Waals surface area contributed by atoms with Crippen LogP contribution in [0.1, 0.15) is 18.1 Å². The second kappa shape index (κ2) is 8.63. The van der Waals surface area contributed by atoms with Gasteiger partial charge in [0.2, 0.25) is 0 Å². The molecule has 0 unspecified atom stereocenters. The molecule has 5 heteroatoms. The average molecular weight is 432 g/mol. The highest BCUT2D eigenvalue weighted by atomic mass is 127. The van der Waals surface area contributed by atoms with E-state index < -0.39 is 0 Å². The maximum absolute atomic E-state index is 6.01. The molecule has 0 radical (unpaired) electrons. The molecule has 0 fully saturated rings. The Bertz CT molecular complexity index is 840. The molecule has 0 aliphatic carbocycles. The molecule has 4 nitrogen and oxygen atoms in total. The Morgan fingerprint density at radius 3 is 2.79 bits per heavy atom. The topological polar surface area (TPSA) is 63.3 Å². The predicted molar refractivity (Wildman–Crippen MR) is 112 cm³/mol. The zero-order valence-electron chi connectivity index (χ0n) is 13.6. The first-order chi connectivity index (χ1) is 11.3. The van der Waals surface area contributed by atoms with Crippen LogP contribution in [0.15, 0.2) is 65.8 Å². The third kappa shape index (κ3) is 4.44. The van der Waals surface area contributed by atoms with Gasteiger partial charge < -0.3 is 11.1 Å². The molecule has 2 aromatic carbocycles. The third-order valence-electron chi connectivity index (χ3n) is 3.77. The van der Waals surface area contributed by atoms with Crippen LogP contribution in [0.2, 0.25) is 0 Å². The third-order valence-corrected chi connectivity index (χ3v) is 3.77. The van der Waals surface area contributed by atoms with Crippen LogP contribution in [0.25, 0.3) is 10.9 Å². The molecule has 0 aliphatic heterocycles. The van der Waals surface area contributed by atoms with E-state index in [4.69, 9.17) is 5.73 Å². The molecule has 0 saturated carbocycles. The average Bonchev–Trinajstić information content (AvgIpc) is 2.60. The summed E-state index contributed by atoms with van der Waals surface area (Å²) in [5, 5.41) is 4.26. The van der Waals surface area contributed by atoms with E-state index in [0.717, 1.165) is 28.6 Å². The zero-order valence-corrected chi connectivity index (χ0v) is 15.9. The van der Waals surface area contributed by atoms with E-state index in [1.165, 1.54) is 5.56 Å². The predicted octanol–water partition coefficient (Wildman–Crippen LogP) is 4.34. The van der Waals surface area contributed by atoms with Gasteiger partial charge in [0.1, 0.15) is 0 Å². The van der Waals surface area contributed by atoms with Crippen LogP contribution in [0.3, 0.4) is 0 Å². The van der Waals surface area contributed by atoms with Crippen molar-refractivity contribution in [3.05, 3.63) is 71.9 Å². The number of rotatable bonds is 4. The van der Waals surface area contributed by atoms with Crippen LogP contribution in [-0.4, -0.2) is 10.9 Å². The fraction of sp³-hybridized carbons (Fsp3) is 0.158. The van der Waals surface area contributed by atoms with Crippen molar-refractivity contribution in [2.75, 3.05) is 5.32 Å². The molecule has 3 rings (SSSR count). The normalized spacial score (nSPS) is 11.1. The Labute approximate surface area is 159 Å². The molecule has 0 atom stereocenters. The Morgan fingerprint density at radius 2 is 1.96 bits per heavy atom. The number of hydrogen-bond donors (Lipinski definition) is 2. The minimum absolute atomic E-state index is 0. The number of guanidine groups is 1. The standard InChI is InChI=1S/C19H20N4.HI/c1-2-14-6-5-7-16(12-14)23-19(20)22-13-15-10-11-21-18-9-4-3-8-17(15)18;/h3-12H,2,13H2,1H3,(H3,20,22,23);1H. The number of fused-ring (bicyclic) bond motifs is 1. The van der Waals surface area contributed by atoms with E-state index in [1.807, 2.05) is 42.6 Å². The van der Waals surface area contributed by atoms with Crippen LogP contribution in [-0.2, 0) is 13.0 Å². The smallest absolute Gasteiger partial charge is 0.193 e. The van der Waals surface area contributed by atoms with Gasteiger partial charge in [-0.25, -0.2) is 4.99 Å². The van der Waals surface area contributed by atoms with Crippen molar-refractivity contribution in [2.24, 2.45) is 10.7 Å². The summed E-state index contributed by atoms with van der Waals surface area (Å²) in [7, 11) is 0. The highest BCUT2D eigenvalue weighted by Crippen LogP contribution is 2.17. The highest BCUT2D eigenvalue weighted by Gasteiger charge is 2.01. The summed E-state index contributed by atoms with van der Waals surface area (Å²) in [5.41, 5.74) is 10.3. The lowest BCUT2D eigenvalue weighted by Gasteiger charge is -2.08. The van der Waals surface area contributed by atoms with Crippen LogP contribution in [0.5, 0.6) is 0 Å². The number of anilines is 1. The summed E-state index contributed by atoms with van der Waals surface area (Å²) in [6.45, 7) is 2.65. The molecule has 124 valence electrons. The second-order valence-corrected chi connectivity index (χ2v) is 5.37. The van der Waals surface area contributed by atoms with Gasteiger partial charge in [-0.2, -0.15) is 0 Å².